The van der Waals surface area contributed by atoms with Crippen LogP contribution in [0.1, 0.15) is 0 Å². The molecule has 0 aliphatic heterocycles. The van der Waals surface area contributed by atoms with Crippen molar-refractivity contribution >= 4 is 9.05 Å². The monoisotopic (exact) mass is 209 g/mol. The Labute approximate surface area is 95.8 Å². The smallest absolute Gasteiger partial charge is 0.828 e. The largest absolute Gasteiger partial charge is 1.00 e. The van der Waals surface area contributed by atoms with Gasteiger partial charge in [-0.1, -0.05) is 0 Å². The van der Waals surface area contributed by atoms with E-state index < -0.39 is 9.05 Å². The van der Waals surface area contributed by atoms with Crippen LogP contribution >= 0.6 is 0 Å². The Morgan fingerprint density at radius 2 is 1.00 bits per heavy atom. The summed E-state index contributed by atoms with van der Waals surface area (Å²) >= 11 is 0. The van der Waals surface area contributed by atoms with Crippen LogP contribution in [-0.4, -0.2) is 56.8 Å². The molecule has 0 unspecified atom stereocenters. The van der Waals surface area contributed by atoms with E-state index in [2.05, 4.69) is 28.2 Å². The predicted octanol–water partition coefficient (Wildman–Crippen LogP) is -7.37. The van der Waals surface area contributed by atoms with Crippen molar-refractivity contribution in [1.82, 2.24) is 0 Å². The Bertz CT molecular complexity index is 66.4. The molecule has 0 radical (unpaired) electrons. The van der Waals surface area contributed by atoms with Crippen molar-refractivity contribution in [3.8, 4) is 0 Å². The van der Waals surface area contributed by atoms with E-state index >= 15 is 0 Å². The molecule has 72 valence electrons. The molecule has 8 heteroatoms. The van der Waals surface area contributed by atoms with Gasteiger partial charge in [0.1, 0.15) is 9.05 Å². The molecule has 0 aromatic carbocycles. The van der Waals surface area contributed by atoms with Crippen molar-refractivity contribution < 1.29 is 58.7 Å². The molecule has 0 aliphatic carbocycles. The fraction of sp³-hybridized carbons (Fsp3) is 1.00. The van der Waals surface area contributed by atoms with Crippen molar-refractivity contribution in [2.45, 2.75) is 0 Å². The van der Waals surface area contributed by atoms with Crippen LogP contribution in [-0.2, 0) is 0 Å². The van der Waals surface area contributed by atoms with Crippen LogP contribution in [0.3, 0.4) is 0 Å². The molecule has 0 rings (SSSR count). The van der Waals surface area contributed by atoms with Gasteiger partial charge in [-0.25, -0.2) is 0 Å². The van der Waals surface area contributed by atoms with Crippen molar-refractivity contribution in [1.29, 1.82) is 0 Å². The number of hydrogen-bond acceptors (Lipinski definition) is 4. The molecule has 0 atom stereocenters. The molecule has 0 aliphatic rings. The molecular weight excluding hydrogens is 193 g/mol. The standard InChI is InChI=1S/C4H12N.Na.H2O4Si.H2O/c1-5(2,3)4;;1-5(2,3)4;/h1-4H3;;1-2H;1H2/q2*+1;-2;. The second kappa shape index (κ2) is 8.57. The summed E-state index contributed by atoms with van der Waals surface area (Å²) < 4.78 is 1.00. The maximum Gasteiger partial charge on any atom is 1.00 e. The van der Waals surface area contributed by atoms with E-state index in [9.17, 15) is 0 Å². The zero-order valence-electron chi connectivity index (χ0n) is 8.16. The van der Waals surface area contributed by atoms with Gasteiger partial charge in [-0.2, -0.15) is 0 Å². The molecule has 0 aromatic rings. The van der Waals surface area contributed by atoms with Crippen molar-refractivity contribution in [3.05, 3.63) is 0 Å². The molecule has 4 N–H and O–H groups in total. The first-order valence-corrected chi connectivity index (χ1v) is 4.36. The van der Waals surface area contributed by atoms with Crippen LogP contribution in [0, 0.1) is 0 Å². The first kappa shape index (κ1) is 23.1. The molecule has 12 heavy (non-hydrogen) atoms. The quantitative estimate of drug-likeness (QED) is 0.304. The van der Waals surface area contributed by atoms with Gasteiger partial charge >= 0.3 is 29.6 Å². The number of rotatable bonds is 0. The molecule has 6 nitrogen and oxygen atoms in total. The fourth-order valence-corrected chi connectivity index (χ4v) is 0. The molecule has 0 saturated heterocycles. The predicted molar refractivity (Wildman–Crippen MR) is 37.8 cm³/mol. The van der Waals surface area contributed by atoms with Crippen LogP contribution in [0.5, 0.6) is 0 Å². The summed E-state index contributed by atoms with van der Waals surface area (Å²) in [5, 5.41) is 0. The third kappa shape index (κ3) is 1140. The molecule has 0 bridgehead atoms. The minimum atomic E-state index is -5.11. The van der Waals surface area contributed by atoms with Gasteiger partial charge in [-0.15, -0.1) is 0 Å². The van der Waals surface area contributed by atoms with Gasteiger partial charge in [0.25, 0.3) is 0 Å². The van der Waals surface area contributed by atoms with Crippen LogP contribution in [0.2, 0.25) is 0 Å². The van der Waals surface area contributed by atoms with E-state index in [1.54, 1.807) is 0 Å². The maximum absolute atomic E-state index is 8.80. The van der Waals surface area contributed by atoms with Crippen LogP contribution in [0.15, 0.2) is 0 Å². The van der Waals surface area contributed by atoms with Crippen molar-refractivity contribution in [3.63, 3.8) is 0 Å². The van der Waals surface area contributed by atoms with E-state index in [1.165, 1.54) is 0 Å². The van der Waals surface area contributed by atoms with E-state index in [4.69, 9.17) is 19.2 Å². The Morgan fingerprint density at radius 1 is 1.00 bits per heavy atom. The van der Waals surface area contributed by atoms with Crippen molar-refractivity contribution in [2.24, 2.45) is 0 Å². The van der Waals surface area contributed by atoms with Crippen LogP contribution < -0.4 is 39.1 Å². The zero-order chi connectivity index (χ0) is 9.00. The summed E-state index contributed by atoms with van der Waals surface area (Å²) in [5.41, 5.74) is 0. The second-order valence-electron chi connectivity index (χ2n) is 3.23. The van der Waals surface area contributed by atoms with E-state index in [0.29, 0.717) is 0 Å². The third-order valence-electron chi connectivity index (χ3n) is 0. The topological polar surface area (TPSA) is 118 Å². The summed E-state index contributed by atoms with van der Waals surface area (Å²) in [6.07, 6.45) is 0. The average Bonchev–Trinajstić information content (AvgIpc) is 1.12. The maximum atomic E-state index is 8.80. The van der Waals surface area contributed by atoms with Gasteiger partial charge in [0.15, 0.2) is 0 Å². The van der Waals surface area contributed by atoms with Gasteiger partial charge < -0.3 is 29.1 Å². The van der Waals surface area contributed by atoms with Gasteiger partial charge in [0.05, 0.1) is 28.2 Å². The molecule has 0 aromatic heterocycles. The molecule has 0 amide bonds. The van der Waals surface area contributed by atoms with E-state index in [0.717, 1.165) is 4.48 Å². The Balaban J connectivity index is -0.0000000457. The van der Waals surface area contributed by atoms with Gasteiger partial charge in [0, 0.05) is 0 Å². The van der Waals surface area contributed by atoms with Gasteiger partial charge in [-0.05, 0) is 0 Å². The Hall–Kier alpha value is 0.977. The first-order chi connectivity index (χ1) is 4.00. The normalized spacial score (nSPS) is 10.0. The van der Waals surface area contributed by atoms with Gasteiger partial charge in [0.2, 0.25) is 0 Å². The molecule has 0 heterocycles. The average molecular weight is 209 g/mol. The molecule has 0 saturated carbocycles. The summed E-state index contributed by atoms with van der Waals surface area (Å²) in [6.45, 7) is 0. The molecule has 0 fully saturated rings. The minimum Gasteiger partial charge on any atom is -0.828 e. The minimum absolute atomic E-state index is 0. The SMILES string of the molecule is C[N+](C)(C)C.O.[Na+].[O-][Si]([O-])(O)O. The van der Waals surface area contributed by atoms with Gasteiger partial charge in [-0.3, -0.25) is 0 Å². The number of quaternary nitrogens is 1. The Kier molecular flexibility index (Phi) is 16.5. The second-order valence-corrected chi connectivity index (χ2v) is 4.33. The Morgan fingerprint density at radius 3 is 1.00 bits per heavy atom. The van der Waals surface area contributed by atoms with Crippen LogP contribution in [0.25, 0.3) is 0 Å². The van der Waals surface area contributed by atoms with Crippen molar-refractivity contribution in [2.75, 3.05) is 28.2 Å². The summed E-state index contributed by atoms with van der Waals surface area (Å²) in [5.74, 6) is 0. The van der Waals surface area contributed by atoms with Crippen LogP contribution in [0.4, 0.5) is 0 Å². The van der Waals surface area contributed by atoms with E-state index in [1.807, 2.05) is 0 Å². The molecule has 0 spiro atoms. The first-order valence-electron chi connectivity index (χ1n) is 2.64. The van der Waals surface area contributed by atoms with E-state index in [-0.39, 0.29) is 35.0 Å². The summed E-state index contributed by atoms with van der Waals surface area (Å²) in [7, 11) is 3.39. The summed E-state index contributed by atoms with van der Waals surface area (Å²) in [6, 6.07) is 0. The number of nitrogens with zero attached hydrogens (tertiary/aromatic N) is 1. The molecular formula is C4H16NNaO5Si. The third-order valence-corrected chi connectivity index (χ3v) is 0. The summed E-state index contributed by atoms with van der Waals surface area (Å²) in [4.78, 5) is 31.8. The fourth-order valence-electron chi connectivity index (χ4n) is 0. The number of hydrogen-bond donors (Lipinski definition) is 2. The zero-order valence-corrected chi connectivity index (χ0v) is 11.2.